The van der Waals surface area contributed by atoms with Gasteiger partial charge in [-0.3, -0.25) is 4.79 Å². The van der Waals surface area contributed by atoms with Crippen LogP contribution in [-0.4, -0.2) is 17.0 Å². The molecule has 0 bridgehead atoms. The number of hydrogen-bond acceptors (Lipinski definition) is 4. The zero-order chi connectivity index (χ0) is 16.2. The number of aliphatic hydroxyl groups excluding tert-OH is 1. The summed E-state index contributed by atoms with van der Waals surface area (Å²) in [4.78, 5) is 11.9. The second kappa shape index (κ2) is 6.94. The van der Waals surface area contributed by atoms with Crippen molar-refractivity contribution in [1.29, 1.82) is 5.26 Å². The number of rotatable bonds is 5. The van der Waals surface area contributed by atoms with E-state index in [1.807, 2.05) is 13.8 Å². The molecular weight excluding hydrogens is 266 g/mol. The van der Waals surface area contributed by atoms with Crippen LogP contribution in [0.3, 0.4) is 0 Å². The second-order valence-corrected chi connectivity index (χ2v) is 5.50. The third kappa shape index (κ3) is 4.09. The van der Waals surface area contributed by atoms with Crippen molar-refractivity contribution in [3.05, 3.63) is 34.9 Å². The van der Waals surface area contributed by atoms with Gasteiger partial charge in [-0.05, 0) is 44.5 Å². The van der Waals surface area contributed by atoms with Gasteiger partial charge in [-0.25, -0.2) is 0 Å². The van der Waals surface area contributed by atoms with Crippen LogP contribution in [0.5, 0.6) is 5.75 Å². The first kappa shape index (κ1) is 16.8. The van der Waals surface area contributed by atoms with Crippen molar-refractivity contribution >= 4 is 11.5 Å². The van der Waals surface area contributed by atoms with E-state index >= 15 is 0 Å². The molecule has 0 unspecified atom stereocenters. The lowest BCUT2D eigenvalue weighted by molar-refractivity contribution is -0.117. The molecule has 0 saturated heterocycles. The minimum absolute atomic E-state index is 0.0524. The minimum atomic E-state index is -0.364. The fourth-order valence-corrected chi connectivity index (χ4v) is 1.90. The quantitative estimate of drug-likeness (QED) is 0.508. The second-order valence-electron chi connectivity index (χ2n) is 5.50. The molecule has 0 aliphatic heterocycles. The van der Waals surface area contributed by atoms with Gasteiger partial charge >= 0.3 is 0 Å². The fraction of sp³-hybridized carbons (Fsp3) is 0.412. The maximum absolute atomic E-state index is 11.9. The van der Waals surface area contributed by atoms with Crippen LogP contribution in [0.15, 0.2) is 23.8 Å². The monoisotopic (exact) mass is 287 g/mol. The largest absolute Gasteiger partial charge is 0.506 e. The van der Waals surface area contributed by atoms with Gasteiger partial charge in [-0.2, -0.15) is 5.26 Å². The lowest BCUT2D eigenvalue weighted by Crippen LogP contribution is -2.11. The normalized spacial score (nSPS) is 12.1. The predicted octanol–water partition coefficient (Wildman–Crippen LogP) is 3.80. The van der Waals surface area contributed by atoms with Gasteiger partial charge < -0.3 is 9.84 Å². The highest BCUT2D eigenvalue weighted by Gasteiger charge is 2.20. The topological polar surface area (TPSA) is 70.3 Å². The standard InChI is InChI=1S/C17H21NO3/c1-10(2)16(19)15(9-18)17(20)14-7-6-13(8-12(14)5)21-11(3)4/h6-8,10-11,20H,1-5H3/b17-15-. The molecule has 4 heteroatoms. The molecule has 0 radical (unpaired) electrons. The fourth-order valence-electron chi connectivity index (χ4n) is 1.90. The number of aryl methyl sites for hydroxylation is 1. The van der Waals surface area contributed by atoms with E-state index in [4.69, 9.17) is 10.00 Å². The van der Waals surface area contributed by atoms with Crippen molar-refractivity contribution in [2.45, 2.75) is 40.7 Å². The number of nitriles is 1. The third-order valence-electron chi connectivity index (χ3n) is 2.94. The molecule has 0 spiro atoms. The summed E-state index contributed by atoms with van der Waals surface area (Å²) in [5, 5.41) is 19.4. The Bertz CT molecular complexity index is 607. The third-order valence-corrected chi connectivity index (χ3v) is 2.94. The number of ketones is 1. The molecule has 0 atom stereocenters. The molecular formula is C17H21NO3. The van der Waals surface area contributed by atoms with Crippen LogP contribution in [0.2, 0.25) is 0 Å². The maximum Gasteiger partial charge on any atom is 0.179 e. The molecule has 0 heterocycles. The first-order valence-electron chi connectivity index (χ1n) is 6.93. The van der Waals surface area contributed by atoms with Crippen LogP contribution in [0, 0.1) is 24.2 Å². The maximum atomic E-state index is 11.9. The number of ether oxygens (including phenoxy) is 1. The van der Waals surface area contributed by atoms with Gasteiger partial charge in [0.25, 0.3) is 0 Å². The number of carbonyl (C=O) groups is 1. The van der Waals surface area contributed by atoms with Gasteiger partial charge in [0.1, 0.15) is 23.2 Å². The van der Waals surface area contributed by atoms with E-state index in [1.165, 1.54) is 0 Å². The lowest BCUT2D eigenvalue weighted by atomic mass is 9.96. The van der Waals surface area contributed by atoms with Crippen LogP contribution >= 0.6 is 0 Å². The molecule has 112 valence electrons. The molecule has 1 N–H and O–H groups in total. The number of aliphatic hydroxyl groups is 1. The zero-order valence-corrected chi connectivity index (χ0v) is 13.1. The van der Waals surface area contributed by atoms with Crippen LogP contribution in [-0.2, 0) is 4.79 Å². The minimum Gasteiger partial charge on any atom is -0.506 e. The lowest BCUT2D eigenvalue weighted by Gasteiger charge is -2.13. The van der Waals surface area contributed by atoms with Gasteiger partial charge in [0.15, 0.2) is 5.78 Å². The van der Waals surface area contributed by atoms with Crippen molar-refractivity contribution in [2.75, 3.05) is 0 Å². The number of allylic oxidation sites excluding steroid dienone is 1. The highest BCUT2D eigenvalue weighted by molar-refractivity contribution is 6.06. The van der Waals surface area contributed by atoms with E-state index < -0.39 is 0 Å². The Morgan fingerprint density at radius 2 is 1.90 bits per heavy atom. The molecule has 0 saturated carbocycles. The summed E-state index contributed by atoms with van der Waals surface area (Å²) >= 11 is 0. The van der Waals surface area contributed by atoms with E-state index in [9.17, 15) is 9.90 Å². The van der Waals surface area contributed by atoms with Crippen LogP contribution in [0.4, 0.5) is 0 Å². The SMILES string of the molecule is Cc1cc(OC(C)C)ccc1/C(O)=C(\C#N)C(=O)C(C)C. The molecule has 21 heavy (non-hydrogen) atoms. The highest BCUT2D eigenvalue weighted by atomic mass is 16.5. The Kier molecular flexibility index (Phi) is 5.54. The first-order valence-corrected chi connectivity index (χ1v) is 6.93. The Morgan fingerprint density at radius 1 is 1.29 bits per heavy atom. The number of Topliss-reactive ketones (excluding diaryl/α,β-unsaturated/α-hetero) is 1. The molecule has 4 nitrogen and oxygen atoms in total. The predicted molar refractivity (Wildman–Crippen MR) is 81.9 cm³/mol. The smallest absolute Gasteiger partial charge is 0.179 e. The van der Waals surface area contributed by atoms with Gasteiger partial charge in [0.2, 0.25) is 0 Å². The number of benzene rings is 1. The van der Waals surface area contributed by atoms with E-state index in [1.54, 1.807) is 45.0 Å². The van der Waals surface area contributed by atoms with Crippen LogP contribution < -0.4 is 4.74 Å². The van der Waals surface area contributed by atoms with Crippen molar-refractivity contribution in [2.24, 2.45) is 5.92 Å². The van der Waals surface area contributed by atoms with Gasteiger partial charge in [0.05, 0.1) is 6.10 Å². The van der Waals surface area contributed by atoms with Crippen LogP contribution in [0.25, 0.3) is 5.76 Å². The summed E-state index contributed by atoms with van der Waals surface area (Å²) in [6.45, 7) is 9.04. The zero-order valence-electron chi connectivity index (χ0n) is 13.1. The summed E-state index contributed by atoms with van der Waals surface area (Å²) in [7, 11) is 0. The van der Waals surface area contributed by atoms with Crippen molar-refractivity contribution in [3.63, 3.8) is 0 Å². The summed E-state index contributed by atoms with van der Waals surface area (Å²) in [6.07, 6.45) is 0.0524. The molecule has 0 aliphatic carbocycles. The highest BCUT2D eigenvalue weighted by Crippen LogP contribution is 2.25. The molecule has 0 amide bonds. The molecule has 0 aromatic heterocycles. The Balaban J connectivity index is 3.26. The van der Waals surface area contributed by atoms with Crippen molar-refractivity contribution in [3.8, 4) is 11.8 Å². The molecule has 1 aromatic rings. The van der Waals surface area contributed by atoms with Gasteiger partial charge in [-0.1, -0.05) is 13.8 Å². The average Bonchev–Trinajstić information content (AvgIpc) is 2.38. The molecule has 0 aliphatic rings. The van der Waals surface area contributed by atoms with Crippen LogP contribution in [0.1, 0.15) is 38.8 Å². The van der Waals surface area contributed by atoms with Gasteiger partial charge in [-0.15, -0.1) is 0 Å². The number of hydrogen-bond donors (Lipinski definition) is 1. The Labute approximate surface area is 125 Å². The van der Waals surface area contributed by atoms with Gasteiger partial charge in [0, 0.05) is 11.5 Å². The summed E-state index contributed by atoms with van der Waals surface area (Å²) in [5.74, 6) is -0.292. The molecule has 0 fully saturated rings. The Hall–Kier alpha value is -2.28. The number of nitrogens with zero attached hydrogens (tertiary/aromatic N) is 1. The average molecular weight is 287 g/mol. The number of carbonyl (C=O) groups excluding carboxylic acids is 1. The molecule has 1 aromatic carbocycles. The first-order chi connectivity index (χ1) is 9.77. The van der Waals surface area contributed by atoms with Crippen molar-refractivity contribution < 1.29 is 14.6 Å². The van der Waals surface area contributed by atoms with E-state index in [0.29, 0.717) is 11.3 Å². The van der Waals surface area contributed by atoms with E-state index in [2.05, 4.69) is 0 Å². The van der Waals surface area contributed by atoms with E-state index in [0.717, 1.165) is 5.56 Å². The molecule has 1 rings (SSSR count). The van der Waals surface area contributed by atoms with E-state index in [-0.39, 0.29) is 29.1 Å². The summed E-state index contributed by atoms with van der Waals surface area (Å²) < 4.78 is 5.57. The van der Waals surface area contributed by atoms with Crippen molar-refractivity contribution in [1.82, 2.24) is 0 Å². The summed E-state index contributed by atoms with van der Waals surface area (Å²) in [6, 6.07) is 6.96. The summed E-state index contributed by atoms with van der Waals surface area (Å²) in [5.41, 5.74) is 1.01. The Morgan fingerprint density at radius 3 is 2.33 bits per heavy atom.